The van der Waals surface area contributed by atoms with Crippen LogP contribution in [0.3, 0.4) is 0 Å². The second-order valence-corrected chi connectivity index (χ2v) is 6.42. The average molecular weight is 333 g/mol. The van der Waals surface area contributed by atoms with E-state index in [1.165, 1.54) is 6.20 Å². The topological polar surface area (TPSA) is 15.9 Å². The van der Waals surface area contributed by atoms with Crippen LogP contribution in [0.2, 0.25) is 0 Å². The van der Waals surface area contributed by atoms with Crippen LogP contribution in [0.5, 0.6) is 0 Å². The van der Waals surface area contributed by atoms with Crippen molar-refractivity contribution in [3.8, 4) is 11.3 Å². The second-order valence-electron chi connectivity index (χ2n) is 6.42. The maximum absolute atomic E-state index is 8.07. The molecule has 0 saturated carbocycles. The van der Waals surface area contributed by atoms with E-state index in [4.69, 9.17) is 8.22 Å². The van der Waals surface area contributed by atoms with Gasteiger partial charge in [0, 0.05) is 37.2 Å². The third kappa shape index (κ3) is 2.58. The lowest BCUT2D eigenvalue weighted by atomic mass is 9.90. The maximum atomic E-state index is 8.07. The normalized spacial score (nSPS) is 20.8. The van der Waals surface area contributed by atoms with Gasteiger partial charge < -0.3 is 0 Å². The molecule has 1 unspecified atom stereocenters. The van der Waals surface area contributed by atoms with E-state index in [2.05, 4.69) is 22.5 Å². The van der Waals surface area contributed by atoms with E-state index in [-0.39, 0.29) is 17.0 Å². The van der Waals surface area contributed by atoms with Crippen molar-refractivity contribution in [1.82, 2.24) is 4.98 Å². The molecule has 25 heavy (non-hydrogen) atoms. The van der Waals surface area contributed by atoms with Crippen LogP contribution in [0, 0.1) is 13.7 Å². The van der Waals surface area contributed by atoms with Crippen LogP contribution in [0.25, 0.3) is 11.3 Å². The lowest BCUT2D eigenvalue weighted by molar-refractivity contribution is -0.401. The number of aryl methyl sites for hydroxylation is 2. The van der Waals surface area contributed by atoms with Crippen LogP contribution >= 0.6 is 0 Å². The molecule has 0 radical (unpaired) electrons. The highest BCUT2D eigenvalue weighted by atomic mass is 15.0. The van der Waals surface area contributed by atoms with Gasteiger partial charge in [-0.25, -0.2) is 0 Å². The van der Waals surface area contributed by atoms with E-state index < -0.39 is 13.7 Å². The van der Waals surface area contributed by atoms with Gasteiger partial charge in [-0.1, -0.05) is 36.4 Å². The van der Waals surface area contributed by atoms with Gasteiger partial charge in [0.25, 0.3) is 0 Å². The lowest BCUT2D eigenvalue weighted by Crippen LogP contribution is -2.15. The zero-order valence-corrected chi connectivity index (χ0v) is 14.2. The molecular formula is C23H23N2+. The largest absolute Gasteiger partial charge is 0.256 e. The number of fused-ring (bicyclic) bond motifs is 1. The van der Waals surface area contributed by atoms with Gasteiger partial charge in [0.15, 0.2) is 5.71 Å². The Morgan fingerprint density at radius 2 is 1.92 bits per heavy atom. The zero-order valence-electron chi connectivity index (χ0n) is 20.2. The van der Waals surface area contributed by atoms with E-state index in [9.17, 15) is 0 Å². The lowest BCUT2D eigenvalue weighted by Gasteiger charge is -2.10. The summed E-state index contributed by atoms with van der Waals surface area (Å²) in [5, 5.41) is 0. The molecule has 4 rings (SSSR count). The summed E-state index contributed by atoms with van der Waals surface area (Å²) in [5.41, 5.74) is 5.59. The van der Waals surface area contributed by atoms with Crippen molar-refractivity contribution in [3.63, 3.8) is 0 Å². The van der Waals surface area contributed by atoms with Crippen LogP contribution in [0.4, 0.5) is 5.69 Å². The van der Waals surface area contributed by atoms with Gasteiger partial charge in [0.2, 0.25) is 5.69 Å². The van der Waals surface area contributed by atoms with Crippen molar-refractivity contribution >= 4 is 11.4 Å². The summed E-state index contributed by atoms with van der Waals surface area (Å²) in [6.07, 6.45) is 1.35. The number of aromatic nitrogens is 1. The molecule has 1 aromatic heterocycles. The summed E-state index contributed by atoms with van der Waals surface area (Å²) >= 11 is 0. The third-order valence-electron chi connectivity index (χ3n) is 4.89. The number of rotatable bonds is 2. The average Bonchev–Trinajstić information content (AvgIpc) is 2.97. The van der Waals surface area contributed by atoms with Crippen molar-refractivity contribution in [2.45, 2.75) is 26.5 Å². The maximum Gasteiger partial charge on any atom is 0.209 e. The third-order valence-corrected chi connectivity index (χ3v) is 4.89. The first kappa shape index (κ1) is 10.3. The first-order valence-electron chi connectivity index (χ1n) is 11.3. The molecule has 0 spiro atoms. The van der Waals surface area contributed by atoms with E-state index in [1.54, 1.807) is 24.3 Å². The molecule has 2 heteroatoms. The van der Waals surface area contributed by atoms with E-state index in [0.29, 0.717) is 11.3 Å². The van der Waals surface area contributed by atoms with Gasteiger partial charge in [-0.05, 0) is 43.9 Å². The Kier molecular flexibility index (Phi) is 2.46. The Labute approximate surface area is 157 Å². The standard InChI is InChI=1S/C23H23N2/c1-15-9-12-21(24-14-15)18-11-10-16(2)20(13-18)23-17(3)19-7-5-6-8-22(19)25(23)4/h5-14,17H,1-4H3/q+1/i1D3,2D3. The molecule has 1 aliphatic rings. The van der Waals surface area contributed by atoms with Gasteiger partial charge in [-0.3, -0.25) is 4.98 Å². The van der Waals surface area contributed by atoms with E-state index in [1.807, 2.05) is 31.3 Å². The number of nitrogens with zero attached hydrogens (tertiary/aromatic N) is 2. The van der Waals surface area contributed by atoms with E-state index >= 15 is 0 Å². The number of hydrogen-bond donors (Lipinski definition) is 0. The highest BCUT2D eigenvalue weighted by Crippen LogP contribution is 2.37. The molecule has 0 aliphatic carbocycles. The minimum absolute atomic E-state index is 0.0310. The van der Waals surface area contributed by atoms with Crippen LogP contribution < -0.4 is 0 Å². The minimum Gasteiger partial charge on any atom is -0.256 e. The Balaban J connectivity index is 1.87. The van der Waals surface area contributed by atoms with E-state index in [0.717, 1.165) is 22.5 Å². The predicted octanol–water partition coefficient (Wildman–Crippen LogP) is 5.25. The molecule has 0 N–H and O–H groups in total. The molecular weight excluding hydrogens is 304 g/mol. The Bertz CT molecular complexity index is 1170. The Hall–Kier alpha value is -2.74. The number of benzene rings is 2. The van der Waals surface area contributed by atoms with Gasteiger partial charge >= 0.3 is 0 Å². The van der Waals surface area contributed by atoms with Gasteiger partial charge in [0.05, 0.1) is 11.6 Å². The summed E-state index contributed by atoms with van der Waals surface area (Å²) in [6.45, 7) is -2.41. The van der Waals surface area contributed by atoms with Crippen molar-refractivity contribution in [2.24, 2.45) is 0 Å². The molecule has 1 atom stereocenters. The van der Waals surface area contributed by atoms with Gasteiger partial charge in [-0.15, -0.1) is 0 Å². The fourth-order valence-electron chi connectivity index (χ4n) is 3.62. The molecule has 0 bridgehead atoms. The summed E-state index contributed by atoms with van der Waals surface area (Å²) in [7, 11) is 1.96. The van der Waals surface area contributed by atoms with Crippen molar-refractivity contribution in [2.75, 3.05) is 7.05 Å². The SMILES string of the molecule is [2H]C([2H])([2H])c1ccc(-c2ccc(C([2H])([2H])[2H])c(C3=[N+](C)c4ccccc4C3C)c2)nc1. The van der Waals surface area contributed by atoms with Crippen LogP contribution in [0.1, 0.15) is 43.3 Å². The summed E-state index contributed by atoms with van der Waals surface area (Å²) in [4.78, 5) is 4.33. The molecule has 0 amide bonds. The number of para-hydroxylation sites is 1. The first-order chi connectivity index (χ1) is 14.5. The second kappa shape index (κ2) is 5.96. The fourth-order valence-corrected chi connectivity index (χ4v) is 3.62. The molecule has 124 valence electrons. The van der Waals surface area contributed by atoms with Crippen molar-refractivity contribution in [1.29, 1.82) is 0 Å². The number of hydrogen-bond acceptors (Lipinski definition) is 1. The highest BCUT2D eigenvalue weighted by molar-refractivity contribution is 6.06. The monoisotopic (exact) mass is 333 g/mol. The summed E-state index contributed by atoms with van der Waals surface area (Å²) in [5.74, 6) is 0.0310. The Morgan fingerprint density at radius 1 is 1.04 bits per heavy atom. The zero-order chi connectivity index (χ0) is 22.6. The predicted molar refractivity (Wildman–Crippen MR) is 104 cm³/mol. The van der Waals surface area contributed by atoms with Crippen LogP contribution in [-0.2, 0) is 0 Å². The van der Waals surface area contributed by atoms with Crippen molar-refractivity contribution < 1.29 is 12.8 Å². The highest BCUT2D eigenvalue weighted by Gasteiger charge is 2.35. The molecule has 0 fully saturated rings. The van der Waals surface area contributed by atoms with Crippen molar-refractivity contribution in [3.05, 3.63) is 83.0 Å². The Morgan fingerprint density at radius 3 is 2.64 bits per heavy atom. The quantitative estimate of drug-likeness (QED) is 0.585. The molecule has 2 nitrogen and oxygen atoms in total. The summed E-state index contributed by atoms with van der Waals surface area (Å²) < 4.78 is 48.8. The van der Waals surface area contributed by atoms with Crippen LogP contribution in [-0.4, -0.2) is 22.3 Å². The smallest absolute Gasteiger partial charge is 0.209 e. The van der Waals surface area contributed by atoms with Gasteiger partial charge in [0.1, 0.15) is 7.05 Å². The minimum atomic E-state index is -2.27. The number of pyridine rings is 1. The molecule has 2 heterocycles. The summed E-state index contributed by atoms with van der Waals surface area (Å²) in [6, 6.07) is 16.5. The fraction of sp³-hybridized carbons (Fsp3) is 0.217. The van der Waals surface area contributed by atoms with Crippen LogP contribution in [0.15, 0.2) is 60.8 Å². The molecule has 1 aliphatic heterocycles. The molecule has 3 aromatic rings. The first-order valence-corrected chi connectivity index (χ1v) is 8.30. The van der Waals surface area contributed by atoms with Gasteiger partial charge in [-0.2, -0.15) is 4.58 Å². The molecule has 0 saturated heterocycles. The molecule has 2 aromatic carbocycles.